The van der Waals surface area contributed by atoms with Gasteiger partial charge in [0.05, 0.1) is 17.6 Å². The van der Waals surface area contributed by atoms with Crippen LogP contribution in [-0.2, 0) is 0 Å². The first-order valence-corrected chi connectivity index (χ1v) is 4.52. The first kappa shape index (κ1) is 11.6. The highest BCUT2D eigenvalue weighted by molar-refractivity contribution is 5.90. The number of hydrogen-bond acceptors (Lipinski definition) is 3. The lowest BCUT2D eigenvalue weighted by Gasteiger charge is -2.06. The van der Waals surface area contributed by atoms with Crippen molar-refractivity contribution in [1.29, 1.82) is 0 Å². The number of aliphatic imine (C=N–C) groups is 1. The third-order valence-electron chi connectivity index (χ3n) is 1.63. The lowest BCUT2D eigenvalue weighted by atomic mass is 10.4. The summed E-state index contributed by atoms with van der Waals surface area (Å²) in [6, 6.07) is 3.07. The molecule has 0 atom stereocenters. The van der Waals surface area contributed by atoms with Gasteiger partial charge in [-0.3, -0.25) is 9.98 Å². The molecule has 0 radical (unpaired) electrons. The van der Waals surface area contributed by atoms with Crippen LogP contribution < -0.4 is 10.6 Å². The average Bonchev–Trinajstić information content (AvgIpc) is 2.29. The topological polar surface area (TPSA) is 66.4 Å². The number of carbonyl (C=O) groups is 1. The minimum atomic E-state index is -0.386. The number of allylic oxidation sites excluding steroid dienone is 1. The van der Waals surface area contributed by atoms with Crippen LogP contribution in [0.3, 0.4) is 0 Å². The monoisotopic (exact) mass is 216 g/mol. The highest BCUT2D eigenvalue weighted by atomic mass is 16.2. The standard InChI is InChI=1S/C11H12N4O/c1-3-9(7-12-2)14-11(16)15-10-5-4-6-13-8-10/h3-8H,1-2H2,(H2,14,15,16)/b9-7+. The molecule has 1 aromatic heterocycles. The lowest BCUT2D eigenvalue weighted by Crippen LogP contribution is -2.27. The van der Waals surface area contributed by atoms with Gasteiger partial charge in [-0.1, -0.05) is 6.58 Å². The van der Waals surface area contributed by atoms with Crippen molar-refractivity contribution in [2.45, 2.75) is 0 Å². The molecule has 0 aliphatic rings. The molecule has 16 heavy (non-hydrogen) atoms. The van der Waals surface area contributed by atoms with Crippen LogP contribution in [0.5, 0.6) is 0 Å². The van der Waals surface area contributed by atoms with Gasteiger partial charge in [-0.15, -0.1) is 0 Å². The van der Waals surface area contributed by atoms with E-state index < -0.39 is 0 Å². The largest absolute Gasteiger partial charge is 0.323 e. The summed E-state index contributed by atoms with van der Waals surface area (Å²) >= 11 is 0. The number of urea groups is 1. The molecule has 5 nitrogen and oxygen atoms in total. The van der Waals surface area contributed by atoms with E-state index in [0.717, 1.165) is 0 Å². The van der Waals surface area contributed by atoms with Crippen LogP contribution >= 0.6 is 0 Å². The van der Waals surface area contributed by atoms with Crippen molar-refractivity contribution in [3.63, 3.8) is 0 Å². The minimum Gasteiger partial charge on any atom is -0.306 e. The molecular weight excluding hydrogens is 204 g/mol. The molecule has 0 bridgehead atoms. The Balaban J connectivity index is 2.57. The van der Waals surface area contributed by atoms with Crippen molar-refractivity contribution in [1.82, 2.24) is 10.3 Å². The first-order valence-electron chi connectivity index (χ1n) is 4.52. The number of aromatic nitrogens is 1. The first-order chi connectivity index (χ1) is 7.76. The Morgan fingerprint density at radius 1 is 1.56 bits per heavy atom. The number of hydrogen-bond donors (Lipinski definition) is 2. The summed E-state index contributed by atoms with van der Waals surface area (Å²) in [7, 11) is 0. The van der Waals surface area contributed by atoms with Crippen molar-refractivity contribution in [2.24, 2.45) is 4.99 Å². The molecule has 0 aliphatic heterocycles. The third-order valence-corrected chi connectivity index (χ3v) is 1.63. The molecule has 5 heteroatoms. The summed E-state index contributed by atoms with van der Waals surface area (Å²) in [5.74, 6) is 0. The van der Waals surface area contributed by atoms with Crippen molar-refractivity contribution in [3.05, 3.63) is 49.1 Å². The minimum absolute atomic E-state index is 0.386. The Kier molecular flexibility index (Phi) is 4.46. The SMILES string of the molecule is C=C/C(=C\N=C)NC(=O)Nc1cccnc1. The van der Waals surface area contributed by atoms with E-state index in [1.165, 1.54) is 12.3 Å². The molecule has 2 N–H and O–H groups in total. The van der Waals surface area contributed by atoms with E-state index in [2.05, 4.69) is 33.9 Å². The molecule has 0 unspecified atom stereocenters. The molecule has 0 fully saturated rings. The van der Waals surface area contributed by atoms with Gasteiger partial charge in [-0.2, -0.15) is 0 Å². The summed E-state index contributed by atoms with van der Waals surface area (Å²) in [4.78, 5) is 18.9. The summed E-state index contributed by atoms with van der Waals surface area (Å²) in [5, 5.41) is 5.15. The Hall–Kier alpha value is -2.43. The fourth-order valence-corrected chi connectivity index (χ4v) is 0.964. The summed E-state index contributed by atoms with van der Waals surface area (Å²) < 4.78 is 0. The molecule has 1 aromatic rings. The van der Waals surface area contributed by atoms with Crippen LogP contribution in [0.15, 0.2) is 54.1 Å². The molecule has 0 spiro atoms. The van der Waals surface area contributed by atoms with Crippen LogP contribution in [0.1, 0.15) is 0 Å². The average molecular weight is 216 g/mol. The molecule has 2 amide bonds. The molecule has 0 aliphatic carbocycles. The number of rotatable bonds is 4. The van der Waals surface area contributed by atoms with Crippen LogP contribution in [0, 0.1) is 0 Å². The van der Waals surface area contributed by atoms with Gasteiger partial charge in [0.2, 0.25) is 0 Å². The van der Waals surface area contributed by atoms with Crippen molar-refractivity contribution in [2.75, 3.05) is 5.32 Å². The molecule has 82 valence electrons. The maximum absolute atomic E-state index is 11.5. The van der Waals surface area contributed by atoms with E-state index in [0.29, 0.717) is 11.4 Å². The second-order valence-corrected chi connectivity index (χ2v) is 2.79. The Morgan fingerprint density at radius 2 is 2.38 bits per heavy atom. The van der Waals surface area contributed by atoms with Crippen LogP contribution in [0.4, 0.5) is 10.5 Å². The quantitative estimate of drug-likeness (QED) is 0.596. The maximum Gasteiger partial charge on any atom is 0.323 e. The number of amides is 2. The van der Waals surface area contributed by atoms with Gasteiger partial charge < -0.3 is 10.6 Å². The highest BCUT2D eigenvalue weighted by Crippen LogP contribution is 2.02. The van der Waals surface area contributed by atoms with E-state index in [1.54, 1.807) is 24.5 Å². The van der Waals surface area contributed by atoms with Gasteiger partial charge in [-0.25, -0.2) is 4.79 Å². The van der Waals surface area contributed by atoms with Crippen molar-refractivity contribution < 1.29 is 4.79 Å². The second-order valence-electron chi connectivity index (χ2n) is 2.79. The Labute approximate surface area is 93.6 Å². The lowest BCUT2D eigenvalue weighted by molar-refractivity contribution is 0.254. The normalized spacial score (nSPS) is 10.4. The van der Waals surface area contributed by atoms with Gasteiger partial charge in [0.25, 0.3) is 0 Å². The zero-order valence-electron chi connectivity index (χ0n) is 8.68. The van der Waals surface area contributed by atoms with Crippen molar-refractivity contribution in [3.8, 4) is 0 Å². The van der Waals surface area contributed by atoms with E-state index >= 15 is 0 Å². The molecule has 0 saturated heterocycles. The molecule has 0 saturated carbocycles. The molecule has 0 aromatic carbocycles. The highest BCUT2D eigenvalue weighted by Gasteiger charge is 2.01. The van der Waals surface area contributed by atoms with Gasteiger partial charge >= 0.3 is 6.03 Å². The zero-order chi connectivity index (χ0) is 11.8. The molecular formula is C11H12N4O. The summed E-state index contributed by atoms with van der Waals surface area (Å²) in [6.45, 7) is 6.81. The second kappa shape index (κ2) is 6.13. The number of nitrogens with zero attached hydrogens (tertiary/aromatic N) is 2. The predicted molar refractivity (Wildman–Crippen MR) is 64.2 cm³/mol. The fourth-order valence-electron chi connectivity index (χ4n) is 0.964. The zero-order valence-corrected chi connectivity index (χ0v) is 8.68. The van der Waals surface area contributed by atoms with E-state index in [4.69, 9.17) is 0 Å². The number of pyridine rings is 1. The van der Waals surface area contributed by atoms with E-state index in [-0.39, 0.29) is 6.03 Å². The predicted octanol–water partition coefficient (Wildman–Crippen LogP) is 1.93. The van der Waals surface area contributed by atoms with E-state index in [9.17, 15) is 4.79 Å². The molecule has 1 rings (SSSR count). The van der Waals surface area contributed by atoms with Crippen LogP contribution in [0.2, 0.25) is 0 Å². The van der Waals surface area contributed by atoms with Crippen LogP contribution in [0.25, 0.3) is 0 Å². The fraction of sp³-hybridized carbons (Fsp3) is 0. The number of anilines is 1. The van der Waals surface area contributed by atoms with Crippen molar-refractivity contribution >= 4 is 18.4 Å². The smallest absolute Gasteiger partial charge is 0.306 e. The van der Waals surface area contributed by atoms with Gasteiger partial charge in [-0.05, 0) is 24.9 Å². The van der Waals surface area contributed by atoms with Gasteiger partial charge in [0.1, 0.15) is 0 Å². The summed E-state index contributed by atoms with van der Waals surface area (Å²) in [6.07, 6.45) is 6.04. The van der Waals surface area contributed by atoms with Gasteiger partial charge in [0.15, 0.2) is 0 Å². The van der Waals surface area contributed by atoms with Crippen LogP contribution in [-0.4, -0.2) is 17.7 Å². The number of carbonyl (C=O) groups excluding carboxylic acids is 1. The van der Waals surface area contributed by atoms with Gasteiger partial charge in [0, 0.05) is 12.4 Å². The Morgan fingerprint density at radius 3 is 2.94 bits per heavy atom. The maximum atomic E-state index is 11.5. The summed E-state index contributed by atoms with van der Waals surface area (Å²) in [5.41, 5.74) is 1.08. The van der Waals surface area contributed by atoms with E-state index in [1.807, 2.05) is 0 Å². The molecule has 1 heterocycles. The third kappa shape index (κ3) is 3.75. The Bertz CT molecular complexity index is 411. The number of nitrogens with one attached hydrogen (secondary N) is 2.